The van der Waals surface area contributed by atoms with Crippen molar-refractivity contribution in [3.8, 4) is 5.75 Å². The molecule has 164 valence electrons. The third-order valence-corrected chi connectivity index (χ3v) is 5.45. The van der Waals surface area contributed by atoms with Crippen molar-refractivity contribution in [2.45, 2.75) is 32.3 Å². The number of ether oxygens (including phenoxy) is 2. The van der Waals surface area contributed by atoms with E-state index in [0.717, 1.165) is 50.7 Å². The zero-order valence-corrected chi connectivity index (χ0v) is 20.5. The van der Waals surface area contributed by atoms with Crippen LogP contribution in [0.15, 0.2) is 53.5 Å². The van der Waals surface area contributed by atoms with Gasteiger partial charge >= 0.3 is 0 Å². The summed E-state index contributed by atoms with van der Waals surface area (Å²) >= 11 is 0. The SMILES string of the molecule is CN=C(NCCc1cc(C)ccc1OC)NCC1CCCOC1c1ccccc1.I. The number of halogens is 1. The maximum atomic E-state index is 6.10. The summed E-state index contributed by atoms with van der Waals surface area (Å²) in [4.78, 5) is 4.38. The van der Waals surface area contributed by atoms with Gasteiger partial charge in [0.2, 0.25) is 0 Å². The molecule has 0 saturated carbocycles. The molecule has 1 saturated heterocycles. The second kappa shape index (κ2) is 12.8. The third kappa shape index (κ3) is 6.87. The van der Waals surface area contributed by atoms with Gasteiger partial charge in [-0.1, -0.05) is 48.0 Å². The number of guanidine groups is 1. The van der Waals surface area contributed by atoms with E-state index in [4.69, 9.17) is 9.47 Å². The Bertz CT molecular complexity index is 798. The lowest BCUT2D eigenvalue weighted by Crippen LogP contribution is -2.42. The van der Waals surface area contributed by atoms with Crippen LogP contribution in [0.5, 0.6) is 5.75 Å². The van der Waals surface area contributed by atoms with Gasteiger partial charge in [-0.15, -0.1) is 24.0 Å². The molecule has 6 heteroatoms. The van der Waals surface area contributed by atoms with E-state index in [1.54, 1.807) is 7.11 Å². The zero-order chi connectivity index (χ0) is 20.5. The number of hydrogen-bond acceptors (Lipinski definition) is 3. The predicted octanol–water partition coefficient (Wildman–Crippen LogP) is 4.50. The first-order valence-electron chi connectivity index (χ1n) is 10.5. The predicted molar refractivity (Wildman–Crippen MR) is 134 cm³/mol. The third-order valence-electron chi connectivity index (χ3n) is 5.45. The minimum absolute atomic E-state index is 0. The first-order chi connectivity index (χ1) is 14.2. The second-order valence-corrected chi connectivity index (χ2v) is 7.55. The second-order valence-electron chi connectivity index (χ2n) is 7.55. The van der Waals surface area contributed by atoms with Crippen LogP contribution in [0.25, 0.3) is 0 Å². The van der Waals surface area contributed by atoms with E-state index in [1.165, 1.54) is 16.7 Å². The van der Waals surface area contributed by atoms with Gasteiger partial charge in [0.1, 0.15) is 5.75 Å². The Hall–Kier alpha value is -1.80. The average molecular weight is 523 g/mol. The Kier molecular flexibility index (Phi) is 10.4. The molecule has 2 aromatic rings. The van der Waals surface area contributed by atoms with Gasteiger partial charge in [0, 0.05) is 32.7 Å². The largest absolute Gasteiger partial charge is 0.496 e. The highest BCUT2D eigenvalue weighted by Crippen LogP contribution is 2.33. The first kappa shape index (κ1) is 24.5. The molecule has 1 fully saturated rings. The molecule has 0 amide bonds. The minimum Gasteiger partial charge on any atom is -0.496 e. The number of rotatable bonds is 7. The Balaban J connectivity index is 0.00000320. The van der Waals surface area contributed by atoms with Gasteiger partial charge in [0.15, 0.2) is 5.96 Å². The molecule has 2 unspecified atom stereocenters. The molecule has 0 aromatic heterocycles. The van der Waals surface area contributed by atoms with Crippen molar-refractivity contribution in [1.82, 2.24) is 10.6 Å². The fourth-order valence-corrected chi connectivity index (χ4v) is 3.93. The molecule has 30 heavy (non-hydrogen) atoms. The topological polar surface area (TPSA) is 54.9 Å². The Morgan fingerprint density at radius 2 is 1.97 bits per heavy atom. The first-order valence-corrected chi connectivity index (χ1v) is 10.5. The summed E-state index contributed by atoms with van der Waals surface area (Å²) in [6.07, 6.45) is 3.29. The lowest BCUT2D eigenvalue weighted by Gasteiger charge is -2.32. The van der Waals surface area contributed by atoms with Crippen LogP contribution in [-0.4, -0.2) is 39.8 Å². The molecule has 0 radical (unpaired) electrons. The van der Waals surface area contributed by atoms with Gasteiger partial charge in [-0.2, -0.15) is 0 Å². The highest BCUT2D eigenvalue weighted by molar-refractivity contribution is 14.0. The van der Waals surface area contributed by atoms with Crippen LogP contribution >= 0.6 is 24.0 Å². The Morgan fingerprint density at radius 3 is 2.70 bits per heavy atom. The quantitative estimate of drug-likeness (QED) is 0.319. The number of nitrogens with zero attached hydrogens (tertiary/aromatic N) is 1. The fourth-order valence-electron chi connectivity index (χ4n) is 3.93. The molecule has 1 heterocycles. The van der Waals surface area contributed by atoms with Crippen molar-refractivity contribution in [3.05, 3.63) is 65.2 Å². The van der Waals surface area contributed by atoms with Crippen molar-refractivity contribution in [2.24, 2.45) is 10.9 Å². The van der Waals surface area contributed by atoms with Crippen LogP contribution in [0.3, 0.4) is 0 Å². The molecule has 0 spiro atoms. The molecule has 5 nitrogen and oxygen atoms in total. The van der Waals surface area contributed by atoms with Crippen LogP contribution < -0.4 is 15.4 Å². The summed E-state index contributed by atoms with van der Waals surface area (Å²) in [6, 6.07) is 16.8. The van der Waals surface area contributed by atoms with Gasteiger partial charge in [-0.3, -0.25) is 4.99 Å². The standard InChI is InChI=1S/C24H33N3O2.HI/c1-18-11-12-22(28-3)20(16-18)13-14-26-24(25-2)27-17-21-10-7-15-29-23(21)19-8-5-4-6-9-19;/h4-6,8-9,11-12,16,21,23H,7,10,13-15,17H2,1-3H3,(H2,25,26,27);1H. The van der Waals surface area contributed by atoms with Gasteiger partial charge in [0.05, 0.1) is 13.2 Å². The molecule has 2 aromatic carbocycles. The van der Waals surface area contributed by atoms with Crippen molar-refractivity contribution in [2.75, 3.05) is 33.9 Å². The minimum atomic E-state index is 0. The van der Waals surface area contributed by atoms with E-state index in [0.29, 0.717) is 5.92 Å². The number of aryl methyl sites for hydroxylation is 1. The van der Waals surface area contributed by atoms with Crippen LogP contribution in [0.4, 0.5) is 0 Å². The van der Waals surface area contributed by atoms with E-state index >= 15 is 0 Å². The van der Waals surface area contributed by atoms with E-state index in [2.05, 4.69) is 65.0 Å². The van der Waals surface area contributed by atoms with Crippen molar-refractivity contribution in [1.29, 1.82) is 0 Å². The molecule has 2 N–H and O–H groups in total. The zero-order valence-electron chi connectivity index (χ0n) is 18.2. The highest BCUT2D eigenvalue weighted by atomic mass is 127. The smallest absolute Gasteiger partial charge is 0.190 e. The Morgan fingerprint density at radius 1 is 1.17 bits per heavy atom. The van der Waals surface area contributed by atoms with Crippen LogP contribution in [0.2, 0.25) is 0 Å². The lowest BCUT2D eigenvalue weighted by molar-refractivity contribution is -0.0265. The van der Waals surface area contributed by atoms with Gasteiger partial charge in [0.25, 0.3) is 0 Å². The normalized spacial score (nSPS) is 19.0. The summed E-state index contributed by atoms with van der Waals surface area (Å²) in [5.74, 6) is 2.20. The number of benzene rings is 2. The van der Waals surface area contributed by atoms with E-state index in [1.807, 2.05) is 13.1 Å². The number of nitrogens with one attached hydrogen (secondary N) is 2. The summed E-state index contributed by atoms with van der Waals surface area (Å²) < 4.78 is 11.6. The van der Waals surface area contributed by atoms with Gasteiger partial charge in [-0.25, -0.2) is 0 Å². The van der Waals surface area contributed by atoms with Crippen LogP contribution in [0.1, 0.15) is 35.6 Å². The summed E-state index contributed by atoms with van der Waals surface area (Å²) in [7, 11) is 3.53. The summed E-state index contributed by atoms with van der Waals surface area (Å²) in [6.45, 7) is 4.57. The molecule has 3 rings (SSSR count). The lowest BCUT2D eigenvalue weighted by atomic mass is 9.89. The molecular formula is C24H34IN3O2. The average Bonchev–Trinajstić information content (AvgIpc) is 2.77. The maximum Gasteiger partial charge on any atom is 0.190 e. The number of methoxy groups -OCH3 is 1. The Labute approximate surface area is 197 Å². The van der Waals surface area contributed by atoms with Gasteiger partial charge < -0.3 is 20.1 Å². The fraction of sp³-hybridized carbons (Fsp3) is 0.458. The van der Waals surface area contributed by atoms with Crippen LogP contribution in [-0.2, 0) is 11.2 Å². The summed E-state index contributed by atoms with van der Waals surface area (Å²) in [5, 5.41) is 6.92. The monoisotopic (exact) mass is 523 g/mol. The molecule has 0 aliphatic carbocycles. The van der Waals surface area contributed by atoms with Crippen LogP contribution in [0, 0.1) is 12.8 Å². The molecule has 1 aliphatic heterocycles. The maximum absolute atomic E-state index is 6.10. The molecular weight excluding hydrogens is 489 g/mol. The van der Waals surface area contributed by atoms with Crippen molar-refractivity contribution in [3.63, 3.8) is 0 Å². The molecule has 0 bridgehead atoms. The number of hydrogen-bond donors (Lipinski definition) is 2. The van der Waals surface area contributed by atoms with Crippen molar-refractivity contribution < 1.29 is 9.47 Å². The molecule has 2 atom stereocenters. The summed E-state index contributed by atoms with van der Waals surface area (Å²) in [5.41, 5.74) is 3.71. The highest BCUT2D eigenvalue weighted by Gasteiger charge is 2.27. The molecule has 1 aliphatic rings. The van der Waals surface area contributed by atoms with Crippen molar-refractivity contribution >= 4 is 29.9 Å². The number of aliphatic imine (C=N–C) groups is 1. The van der Waals surface area contributed by atoms with E-state index in [9.17, 15) is 0 Å². The van der Waals surface area contributed by atoms with Gasteiger partial charge in [-0.05, 0) is 43.4 Å². The van der Waals surface area contributed by atoms with E-state index < -0.39 is 0 Å². The van der Waals surface area contributed by atoms with E-state index in [-0.39, 0.29) is 30.1 Å².